The Hall–Kier alpha value is -2.38. The van der Waals surface area contributed by atoms with Gasteiger partial charge in [0.15, 0.2) is 5.13 Å². The van der Waals surface area contributed by atoms with E-state index >= 15 is 0 Å². The second-order valence-corrected chi connectivity index (χ2v) is 7.15. The molecule has 1 amide bonds. The molecule has 114 valence electrons. The third-order valence-corrected chi connectivity index (χ3v) is 5.50. The molecule has 0 spiro atoms. The number of thiazole rings is 2. The van der Waals surface area contributed by atoms with Gasteiger partial charge in [-0.25, -0.2) is 14.4 Å². The van der Waals surface area contributed by atoms with Gasteiger partial charge in [0.25, 0.3) is 5.91 Å². The topological polar surface area (TPSA) is 54.9 Å². The number of aryl methyl sites for hydroxylation is 1. The van der Waals surface area contributed by atoms with Crippen LogP contribution in [0, 0.1) is 12.7 Å². The molecule has 4 rings (SSSR count). The number of fused-ring (bicyclic) bond motifs is 3. The summed E-state index contributed by atoms with van der Waals surface area (Å²) < 4.78 is 15.7. The first-order valence-corrected chi connectivity index (χ1v) is 8.48. The Morgan fingerprint density at radius 3 is 2.52 bits per heavy atom. The maximum atomic E-state index is 13.7. The lowest BCUT2D eigenvalue weighted by Gasteiger charge is -2.02. The van der Waals surface area contributed by atoms with Gasteiger partial charge in [-0.05, 0) is 31.2 Å². The van der Waals surface area contributed by atoms with Crippen LogP contribution in [0.3, 0.4) is 0 Å². The highest BCUT2D eigenvalue weighted by atomic mass is 32.1. The first-order chi connectivity index (χ1) is 11.1. The summed E-state index contributed by atoms with van der Waals surface area (Å²) >= 11 is 2.97. The van der Waals surface area contributed by atoms with E-state index in [1.807, 2.05) is 19.1 Å². The Morgan fingerprint density at radius 2 is 1.74 bits per heavy atom. The second-order valence-electron chi connectivity index (χ2n) is 4.95. The predicted octanol–water partition coefficient (Wildman–Crippen LogP) is 4.61. The fraction of sp³-hybridized carbons (Fsp3) is 0.0625. The van der Waals surface area contributed by atoms with Crippen molar-refractivity contribution < 1.29 is 9.18 Å². The Balaban J connectivity index is 1.73. The van der Waals surface area contributed by atoms with Crippen LogP contribution in [0.2, 0.25) is 0 Å². The monoisotopic (exact) mass is 343 g/mol. The number of nitrogens with zero attached hydrogens (tertiary/aromatic N) is 2. The molecular weight excluding hydrogens is 333 g/mol. The molecule has 0 aliphatic heterocycles. The maximum Gasteiger partial charge on any atom is 0.260 e. The molecule has 2 aromatic heterocycles. The first kappa shape index (κ1) is 14.2. The fourth-order valence-electron chi connectivity index (χ4n) is 2.35. The van der Waals surface area contributed by atoms with Crippen LogP contribution in [0.25, 0.3) is 20.4 Å². The molecule has 2 aromatic carbocycles. The van der Waals surface area contributed by atoms with Crippen LogP contribution in [0.4, 0.5) is 9.52 Å². The van der Waals surface area contributed by atoms with E-state index in [1.165, 1.54) is 23.5 Å². The van der Waals surface area contributed by atoms with Crippen LogP contribution >= 0.6 is 22.7 Å². The Kier molecular flexibility index (Phi) is 3.32. The van der Waals surface area contributed by atoms with Crippen LogP contribution in [0.1, 0.15) is 15.4 Å². The van der Waals surface area contributed by atoms with Crippen molar-refractivity contribution in [2.75, 3.05) is 5.32 Å². The number of halogens is 1. The third kappa shape index (κ3) is 2.47. The zero-order valence-electron chi connectivity index (χ0n) is 12.0. The molecule has 0 aliphatic carbocycles. The van der Waals surface area contributed by atoms with Crippen LogP contribution < -0.4 is 5.32 Å². The van der Waals surface area contributed by atoms with E-state index in [1.54, 1.807) is 23.5 Å². The minimum absolute atomic E-state index is 0.00513. The number of anilines is 1. The highest BCUT2D eigenvalue weighted by Crippen LogP contribution is 2.35. The molecule has 0 radical (unpaired) electrons. The van der Waals surface area contributed by atoms with E-state index in [0.29, 0.717) is 5.13 Å². The van der Waals surface area contributed by atoms with Crippen molar-refractivity contribution in [1.29, 1.82) is 0 Å². The predicted molar refractivity (Wildman–Crippen MR) is 91.9 cm³/mol. The highest BCUT2D eigenvalue weighted by molar-refractivity contribution is 7.28. The van der Waals surface area contributed by atoms with Gasteiger partial charge in [-0.1, -0.05) is 23.5 Å². The lowest BCUT2D eigenvalue weighted by Crippen LogP contribution is -2.13. The largest absolute Gasteiger partial charge is 0.298 e. The van der Waals surface area contributed by atoms with Crippen LogP contribution in [0.15, 0.2) is 36.4 Å². The second kappa shape index (κ2) is 5.36. The normalized spacial score (nSPS) is 11.2. The van der Waals surface area contributed by atoms with Crippen molar-refractivity contribution in [2.24, 2.45) is 0 Å². The fourth-order valence-corrected chi connectivity index (χ4v) is 4.35. The number of carbonyl (C=O) groups is 1. The van der Waals surface area contributed by atoms with Crippen LogP contribution in [-0.2, 0) is 0 Å². The summed E-state index contributed by atoms with van der Waals surface area (Å²) in [5, 5.41) is 4.11. The lowest BCUT2D eigenvalue weighted by atomic mass is 10.2. The average Bonchev–Trinajstić information content (AvgIpc) is 3.09. The van der Waals surface area contributed by atoms with Gasteiger partial charge in [0.1, 0.15) is 5.82 Å². The first-order valence-electron chi connectivity index (χ1n) is 6.84. The van der Waals surface area contributed by atoms with Crippen molar-refractivity contribution in [3.63, 3.8) is 0 Å². The standard InChI is InChI=1S/C16H10FN3OS2/c1-8-18-11-6-7-12-14(13(11)22-8)23-16(19-12)20-15(21)9-4-2-3-5-10(9)17/h2-7H,1H3,(H,19,20,21). The smallest absolute Gasteiger partial charge is 0.260 e. The van der Waals surface area contributed by atoms with Gasteiger partial charge in [0.05, 0.1) is 31.0 Å². The van der Waals surface area contributed by atoms with Gasteiger partial charge in [0.2, 0.25) is 0 Å². The van der Waals surface area contributed by atoms with Gasteiger partial charge in [0, 0.05) is 0 Å². The summed E-state index contributed by atoms with van der Waals surface area (Å²) in [6.07, 6.45) is 0. The summed E-state index contributed by atoms with van der Waals surface area (Å²) in [4.78, 5) is 21.0. The molecule has 0 saturated heterocycles. The van der Waals surface area contributed by atoms with E-state index in [-0.39, 0.29) is 5.56 Å². The highest BCUT2D eigenvalue weighted by Gasteiger charge is 2.15. The Labute approximate surface area is 138 Å². The lowest BCUT2D eigenvalue weighted by molar-refractivity contribution is 0.102. The molecule has 0 saturated carbocycles. The molecule has 2 heterocycles. The molecule has 1 N–H and O–H groups in total. The van der Waals surface area contributed by atoms with Gasteiger partial charge in [-0.3, -0.25) is 10.1 Å². The quantitative estimate of drug-likeness (QED) is 0.578. The van der Waals surface area contributed by atoms with Crippen molar-refractivity contribution in [3.8, 4) is 0 Å². The van der Waals surface area contributed by atoms with Crippen molar-refractivity contribution in [1.82, 2.24) is 9.97 Å². The van der Waals surface area contributed by atoms with Gasteiger partial charge < -0.3 is 0 Å². The Bertz CT molecular complexity index is 1050. The molecule has 0 atom stereocenters. The summed E-state index contributed by atoms with van der Waals surface area (Å²) in [5.41, 5.74) is 1.73. The van der Waals surface area contributed by atoms with E-state index in [9.17, 15) is 9.18 Å². The number of nitrogens with one attached hydrogen (secondary N) is 1. The zero-order valence-corrected chi connectivity index (χ0v) is 13.6. The summed E-state index contributed by atoms with van der Waals surface area (Å²) in [7, 11) is 0. The number of carbonyl (C=O) groups excluding carboxylic acids is 1. The molecule has 0 aliphatic rings. The number of hydrogen-bond acceptors (Lipinski definition) is 5. The third-order valence-electron chi connectivity index (χ3n) is 3.36. The minimum atomic E-state index is -0.549. The number of aromatic nitrogens is 2. The summed E-state index contributed by atoms with van der Waals surface area (Å²) in [5.74, 6) is -1.05. The molecule has 0 fully saturated rings. The van der Waals surface area contributed by atoms with E-state index in [2.05, 4.69) is 15.3 Å². The van der Waals surface area contributed by atoms with Gasteiger partial charge in [-0.2, -0.15) is 0 Å². The molecular formula is C16H10FN3OS2. The molecule has 7 heteroatoms. The summed E-state index contributed by atoms with van der Waals surface area (Å²) in [6, 6.07) is 9.68. The van der Waals surface area contributed by atoms with Crippen molar-refractivity contribution in [3.05, 3.63) is 52.8 Å². The van der Waals surface area contributed by atoms with Crippen LogP contribution in [-0.4, -0.2) is 15.9 Å². The van der Waals surface area contributed by atoms with Crippen LogP contribution in [0.5, 0.6) is 0 Å². The maximum absolute atomic E-state index is 13.7. The molecule has 0 bridgehead atoms. The Morgan fingerprint density at radius 1 is 1.04 bits per heavy atom. The average molecular weight is 343 g/mol. The van der Waals surface area contributed by atoms with Crippen molar-refractivity contribution >= 4 is 54.1 Å². The molecule has 23 heavy (non-hydrogen) atoms. The SMILES string of the molecule is Cc1nc2ccc3nc(NC(=O)c4ccccc4F)sc3c2s1. The van der Waals surface area contributed by atoms with E-state index < -0.39 is 11.7 Å². The van der Waals surface area contributed by atoms with Crippen molar-refractivity contribution in [2.45, 2.75) is 6.92 Å². The molecule has 4 nitrogen and oxygen atoms in total. The van der Waals surface area contributed by atoms with E-state index in [4.69, 9.17) is 0 Å². The minimum Gasteiger partial charge on any atom is -0.298 e. The van der Waals surface area contributed by atoms with E-state index in [0.717, 1.165) is 25.4 Å². The van der Waals surface area contributed by atoms with Gasteiger partial charge >= 0.3 is 0 Å². The molecule has 0 unspecified atom stereocenters. The zero-order chi connectivity index (χ0) is 16.0. The number of amides is 1. The summed E-state index contributed by atoms with van der Waals surface area (Å²) in [6.45, 7) is 1.96. The van der Waals surface area contributed by atoms with Gasteiger partial charge in [-0.15, -0.1) is 11.3 Å². The number of rotatable bonds is 2. The number of benzene rings is 2. The number of hydrogen-bond donors (Lipinski definition) is 1. The molecule has 4 aromatic rings.